The third kappa shape index (κ3) is 11.1. The van der Waals surface area contributed by atoms with Crippen molar-refractivity contribution in [3.05, 3.63) is 190 Å². The second kappa shape index (κ2) is 21.0. The summed E-state index contributed by atoms with van der Waals surface area (Å²) >= 11 is 0. The number of methoxy groups -OCH3 is 4. The van der Waals surface area contributed by atoms with Gasteiger partial charge in [-0.3, -0.25) is 9.59 Å². The summed E-state index contributed by atoms with van der Waals surface area (Å²) in [6.07, 6.45) is -0.295. The average Bonchev–Trinajstić information content (AvgIpc) is 3.28. The molecule has 0 saturated heterocycles. The number of ether oxygens (including phenoxy) is 4. The van der Waals surface area contributed by atoms with Gasteiger partial charge in [-0.1, -0.05) is 121 Å². The number of hydrogen-bond acceptors (Lipinski definition) is 8. The van der Waals surface area contributed by atoms with Crippen molar-refractivity contribution >= 4 is 11.8 Å². The van der Waals surface area contributed by atoms with E-state index < -0.39 is 41.5 Å². The predicted octanol–water partition coefficient (Wildman–Crippen LogP) is 8.18. The van der Waals surface area contributed by atoms with Crippen molar-refractivity contribution in [3.63, 3.8) is 0 Å². The van der Waals surface area contributed by atoms with Crippen molar-refractivity contribution in [1.29, 1.82) is 0 Å². The summed E-state index contributed by atoms with van der Waals surface area (Å²) in [5, 5.41) is 32.6. The van der Waals surface area contributed by atoms with E-state index in [0.717, 1.165) is 33.4 Å². The fraction of sp³-hybridized carbons (Fsp3) is 0.283. The van der Waals surface area contributed by atoms with Crippen LogP contribution in [0.2, 0.25) is 0 Å². The minimum atomic E-state index is -1.67. The van der Waals surface area contributed by atoms with Crippen molar-refractivity contribution in [3.8, 4) is 23.0 Å². The first-order valence-electron chi connectivity index (χ1n) is 21.0. The molecule has 0 radical (unpaired) electrons. The Kier molecular flexibility index (Phi) is 15.3. The normalized spacial score (nSPS) is 12.4. The third-order valence-electron chi connectivity index (χ3n) is 11.8. The first-order chi connectivity index (χ1) is 30.4. The summed E-state index contributed by atoms with van der Waals surface area (Å²) in [4.78, 5) is 29.0. The number of para-hydroxylation sites is 4. The molecule has 0 aromatic heterocycles. The molecule has 0 bridgehead atoms. The molecule has 0 fully saturated rings. The largest absolute Gasteiger partial charge is 0.496 e. The maximum atomic E-state index is 14.5. The molecule has 0 aliphatic rings. The van der Waals surface area contributed by atoms with E-state index in [9.17, 15) is 19.8 Å². The van der Waals surface area contributed by atoms with Gasteiger partial charge in [0.15, 0.2) is 0 Å². The van der Waals surface area contributed by atoms with Crippen molar-refractivity contribution < 1.29 is 38.7 Å². The van der Waals surface area contributed by atoms with Crippen molar-refractivity contribution in [2.24, 2.45) is 0 Å². The summed E-state index contributed by atoms with van der Waals surface area (Å²) < 4.78 is 22.9. The van der Waals surface area contributed by atoms with Crippen LogP contribution in [-0.2, 0) is 35.3 Å². The quantitative estimate of drug-likeness (QED) is 0.0566. The van der Waals surface area contributed by atoms with Crippen molar-refractivity contribution in [2.75, 3.05) is 28.4 Å². The second-order valence-corrected chi connectivity index (χ2v) is 16.1. The Morgan fingerprint density at radius 2 is 0.698 bits per heavy atom. The Labute approximate surface area is 370 Å². The van der Waals surface area contributed by atoms with Crippen LogP contribution in [-0.4, -0.2) is 61.7 Å². The zero-order chi connectivity index (χ0) is 45.0. The van der Waals surface area contributed by atoms with Crippen LogP contribution >= 0.6 is 0 Å². The fourth-order valence-electron chi connectivity index (χ4n) is 8.64. The Morgan fingerprint density at radius 1 is 0.444 bits per heavy atom. The van der Waals surface area contributed by atoms with E-state index in [2.05, 4.69) is 10.6 Å². The molecule has 0 spiro atoms. The van der Waals surface area contributed by atoms with Crippen LogP contribution in [0.4, 0.5) is 0 Å². The Balaban J connectivity index is 1.39. The Hall–Kier alpha value is -6.62. The number of carbonyl (C=O) groups is 2. The van der Waals surface area contributed by atoms with Crippen LogP contribution in [0.25, 0.3) is 0 Å². The van der Waals surface area contributed by atoms with E-state index in [1.807, 2.05) is 159 Å². The van der Waals surface area contributed by atoms with E-state index in [1.54, 1.807) is 28.4 Å². The summed E-state index contributed by atoms with van der Waals surface area (Å²) in [6.45, 7) is 3.84. The maximum Gasteiger partial charge on any atom is 0.230 e. The van der Waals surface area contributed by atoms with E-state index in [4.69, 9.17) is 18.9 Å². The molecule has 0 heterocycles. The van der Waals surface area contributed by atoms with Gasteiger partial charge >= 0.3 is 0 Å². The number of hydrogen-bond donors (Lipinski definition) is 4. The highest BCUT2D eigenvalue weighted by Crippen LogP contribution is 2.40. The number of aliphatic hydroxyl groups is 2. The van der Waals surface area contributed by atoms with Gasteiger partial charge in [-0.05, 0) is 82.6 Å². The lowest BCUT2D eigenvalue weighted by atomic mass is 9.77. The van der Waals surface area contributed by atoms with Gasteiger partial charge in [0.05, 0.1) is 51.7 Å². The molecule has 2 amide bonds. The van der Waals surface area contributed by atoms with Crippen LogP contribution in [0.15, 0.2) is 146 Å². The molecule has 0 aliphatic heterocycles. The fourth-order valence-corrected chi connectivity index (χ4v) is 8.64. The van der Waals surface area contributed by atoms with Gasteiger partial charge in [0.1, 0.15) is 29.4 Å². The van der Waals surface area contributed by atoms with Gasteiger partial charge in [-0.25, -0.2) is 0 Å². The smallest absolute Gasteiger partial charge is 0.230 e. The first-order valence-corrected chi connectivity index (χ1v) is 21.0. The highest BCUT2D eigenvalue weighted by Gasteiger charge is 2.43. The van der Waals surface area contributed by atoms with E-state index in [0.29, 0.717) is 34.1 Å². The second-order valence-electron chi connectivity index (χ2n) is 16.1. The molecule has 63 heavy (non-hydrogen) atoms. The van der Waals surface area contributed by atoms with Crippen LogP contribution in [0.5, 0.6) is 23.0 Å². The van der Waals surface area contributed by atoms with Gasteiger partial charge in [0, 0.05) is 25.7 Å². The summed E-state index contributed by atoms with van der Waals surface area (Å²) in [6, 6.07) is 42.9. The molecule has 328 valence electrons. The molecule has 0 saturated carbocycles. The van der Waals surface area contributed by atoms with Gasteiger partial charge in [-0.2, -0.15) is 0 Å². The zero-order valence-corrected chi connectivity index (χ0v) is 36.9. The van der Waals surface area contributed by atoms with E-state index in [1.165, 1.54) is 0 Å². The minimum absolute atomic E-state index is 0.0782. The summed E-state index contributed by atoms with van der Waals surface area (Å²) in [7, 11) is 6.31. The predicted molar refractivity (Wildman–Crippen MR) is 245 cm³/mol. The molecule has 10 nitrogen and oxygen atoms in total. The molecule has 0 unspecified atom stereocenters. The monoisotopic (exact) mass is 850 g/mol. The standard InChI is InChI=1S/C53H58N2O8/c1-36-19-7-13-25-42(36)50(52(58,32-38-21-9-15-27-44(38)60-3)33-39-22-10-16-28-45(39)61-4)54-48(56)31-49(57)55-51(43-26-14-8-20-37(43)2)53(59,34-40-23-11-17-29-46(40)62-5)35-41-24-12-18-30-47(41)63-6/h7-30,50-51,58-59H,31-35H2,1-6H3,(H,54,56)(H,55,57)/t50-,51-/m1/s1. The van der Waals surface area contributed by atoms with Crippen molar-refractivity contribution in [1.82, 2.24) is 10.6 Å². The average molecular weight is 851 g/mol. The lowest BCUT2D eigenvalue weighted by Crippen LogP contribution is -2.52. The van der Waals surface area contributed by atoms with Crippen LogP contribution < -0.4 is 29.6 Å². The highest BCUT2D eigenvalue weighted by atomic mass is 16.5. The molecule has 4 N–H and O–H groups in total. The molecule has 0 aliphatic carbocycles. The Bertz CT molecular complexity index is 2210. The van der Waals surface area contributed by atoms with Gasteiger partial charge < -0.3 is 39.8 Å². The topological polar surface area (TPSA) is 136 Å². The summed E-state index contributed by atoms with van der Waals surface area (Å²) in [5.41, 5.74) is 2.61. The van der Waals surface area contributed by atoms with Gasteiger partial charge in [0.25, 0.3) is 0 Å². The molecule has 10 heteroatoms. The van der Waals surface area contributed by atoms with Crippen LogP contribution in [0.3, 0.4) is 0 Å². The lowest BCUT2D eigenvalue weighted by Gasteiger charge is -2.39. The minimum Gasteiger partial charge on any atom is -0.496 e. The van der Waals surface area contributed by atoms with Gasteiger partial charge in [-0.15, -0.1) is 0 Å². The number of carbonyl (C=O) groups excluding carboxylic acids is 2. The lowest BCUT2D eigenvalue weighted by molar-refractivity contribution is -0.133. The maximum absolute atomic E-state index is 14.5. The SMILES string of the molecule is COc1ccccc1CC(O)(Cc1ccccc1OC)[C@H](NC(=O)CC(=O)N[C@H](c1ccccc1C)C(O)(Cc1ccccc1OC)Cc1ccccc1OC)c1ccccc1C. The number of benzene rings is 6. The molecule has 6 aromatic carbocycles. The molecular formula is C53H58N2O8. The highest BCUT2D eigenvalue weighted by molar-refractivity contribution is 5.97. The van der Waals surface area contributed by atoms with E-state index in [-0.39, 0.29) is 25.7 Å². The van der Waals surface area contributed by atoms with Crippen LogP contribution in [0.1, 0.15) is 63.0 Å². The number of amides is 2. The molecule has 6 rings (SSSR count). The van der Waals surface area contributed by atoms with E-state index >= 15 is 0 Å². The third-order valence-corrected chi connectivity index (χ3v) is 11.8. The zero-order valence-electron chi connectivity index (χ0n) is 36.9. The number of aryl methyl sites for hydroxylation is 2. The van der Waals surface area contributed by atoms with Gasteiger partial charge in [0.2, 0.25) is 11.8 Å². The summed E-state index contributed by atoms with van der Waals surface area (Å²) in [5.74, 6) is 1.09. The molecule has 2 atom stereocenters. The number of nitrogens with one attached hydrogen (secondary N) is 2. The molecular weight excluding hydrogens is 793 g/mol. The first kappa shape index (κ1) is 45.9. The number of rotatable bonds is 20. The molecule has 6 aromatic rings. The Morgan fingerprint density at radius 3 is 0.968 bits per heavy atom. The van der Waals surface area contributed by atoms with Crippen molar-refractivity contribution in [2.45, 2.75) is 69.2 Å². The van der Waals surface area contributed by atoms with Crippen LogP contribution in [0, 0.1) is 13.8 Å².